The molecule has 0 saturated heterocycles. The number of fused-ring (bicyclic) bond motifs is 1. The molecule has 104 valence electrons. The quantitative estimate of drug-likeness (QED) is 0.857. The fourth-order valence-corrected chi connectivity index (χ4v) is 2.67. The Kier molecular flexibility index (Phi) is 3.49. The van der Waals surface area contributed by atoms with Gasteiger partial charge in [0, 0.05) is 18.1 Å². The zero-order valence-electron chi connectivity index (χ0n) is 11.5. The second-order valence-corrected chi connectivity index (χ2v) is 5.39. The third-order valence-corrected chi connectivity index (χ3v) is 3.53. The first-order valence-corrected chi connectivity index (χ1v) is 7.01. The zero-order valence-corrected chi connectivity index (χ0v) is 12.2. The molecule has 0 saturated carbocycles. The van der Waals surface area contributed by atoms with Gasteiger partial charge in [0.2, 0.25) is 0 Å². The van der Waals surface area contributed by atoms with Crippen LogP contribution in [0.15, 0.2) is 24.3 Å². The number of aromatic nitrogens is 2. The van der Waals surface area contributed by atoms with E-state index < -0.39 is 0 Å². The van der Waals surface area contributed by atoms with Gasteiger partial charge in [-0.2, -0.15) is 0 Å². The van der Waals surface area contributed by atoms with Crippen molar-refractivity contribution in [1.82, 2.24) is 9.97 Å². The molecular weight excluding hydrogens is 274 g/mol. The molecule has 1 aliphatic rings. The minimum absolute atomic E-state index is 0.184. The first-order valence-electron chi connectivity index (χ1n) is 6.63. The van der Waals surface area contributed by atoms with E-state index in [0.29, 0.717) is 17.6 Å². The Morgan fingerprint density at radius 3 is 2.90 bits per heavy atom. The van der Waals surface area contributed by atoms with Gasteiger partial charge in [0.15, 0.2) is 0 Å². The Hall–Kier alpha value is -1.81. The van der Waals surface area contributed by atoms with Crippen LogP contribution in [0.1, 0.15) is 29.4 Å². The van der Waals surface area contributed by atoms with E-state index in [4.69, 9.17) is 16.3 Å². The summed E-state index contributed by atoms with van der Waals surface area (Å²) in [4.78, 5) is 8.45. The zero-order chi connectivity index (χ0) is 14.1. The summed E-state index contributed by atoms with van der Waals surface area (Å²) in [5.41, 5.74) is 2.39. The molecule has 1 aromatic carbocycles. The molecule has 1 unspecified atom stereocenters. The molecule has 0 spiro atoms. The van der Waals surface area contributed by atoms with Gasteiger partial charge >= 0.3 is 0 Å². The molecule has 20 heavy (non-hydrogen) atoms. The number of hydrogen-bond donors (Lipinski definition) is 1. The first-order chi connectivity index (χ1) is 9.61. The highest BCUT2D eigenvalue weighted by Crippen LogP contribution is 2.34. The molecule has 5 heteroatoms. The average Bonchev–Trinajstić information content (AvgIpc) is 2.38. The van der Waals surface area contributed by atoms with Crippen molar-refractivity contribution in [2.45, 2.75) is 26.3 Å². The van der Waals surface area contributed by atoms with E-state index in [2.05, 4.69) is 34.3 Å². The number of ether oxygens (including phenoxy) is 1. The van der Waals surface area contributed by atoms with Crippen LogP contribution in [0, 0.1) is 13.8 Å². The summed E-state index contributed by atoms with van der Waals surface area (Å²) < 4.78 is 5.70. The van der Waals surface area contributed by atoms with Gasteiger partial charge in [0.25, 0.3) is 0 Å². The second-order valence-electron chi connectivity index (χ2n) is 5.00. The molecule has 2 heterocycles. The molecule has 1 aliphatic heterocycles. The fourth-order valence-electron chi connectivity index (χ4n) is 2.45. The van der Waals surface area contributed by atoms with E-state index in [1.54, 1.807) is 6.07 Å². The minimum atomic E-state index is 0.184. The average molecular weight is 290 g/mol. The minimum Gasteiger partial charge on any atom is -0.493 e. The number of nitrogens with zero attached hydrogens (tertiary/aromatic N) is 2. The molecule has 0 fully saturated rings. The molecule has 0 radical (unpaired) electrons. The lowest BCUT2D eigenvalue weighted by Crippen LogP contribution is -2.21. The lowest BCUT2D eigenvalue weighted by Gasteiger charge is -2.27. The number of anilines is 1. The van der Waals surface area contributed by atoms with Crippen LogP contribution in [-0.2, 0) is 0 Å². The smallest absolute Gasteiger partial charge is 0.134 e. The standard InChI is InChI=1S/C15H16ClN3O/c1-9-3-4-13-11(7-9)12(5-6-20-13)19-15-8-14(16)17-10(2)18-15/h3-4,7-8,12H,5-6H2,1-2H3,(H,17,18,19). The Morgan fingerprint density at radius 1 is 1.25 bits per heavy atom. The Balaban J connectivity index is 1.91. The summed E-state index contributed by atoms with van der Waals surface area (Å²) >= 11 is 5.98. The summed E-state index contributed by atoms with van der Waals surface area (Å²) in [7, 11) is 0. The van der Waals surface area contributed by atoms with E-state index in [9.17, 15) is 0 Å². The van der Waals surface area contributed by atoms with Crippen molar-refractivity contribution in [2.75, 3.05) is 11.9 Å². The highest BCUT2D eigenvalue weighted by Gasteiger charge is 2.22. The van der Waals surface area contributed by atoms with E-state index in [1.165, 1.54) is 11.1 Å². The summed E-state index contributed by atoms with van der Waals surface area (Å²) in [6.07, 6.45) is 0.900. The van der Waals surface area contributed by atoms with Crippen LogP contribution < -0.4 is 10.1 Å². The third-order valence-electron chi connectivity index (χ3n) is 3.33. The number of halogens is 1. The molecule has 1 N–H and O–H groups in total. The summed E-state index contributed by atoms with van der Waals surface area (Å²) in [5.74, 6) is 2.36. The van der Waals surface area contributed by atoms with Gasteiger partial charge < -0.3 is 10.1 Å². The van der Waals surface area contributed by atoms with Gasteiger partial charge in [-0.3, -0.25) is 0 Å². The van der Waals surface area contributed by atoms with Gasteiger partial charge in [-0.1, -0.05) is 29.3 Å². The van der Waals surface area contributed by atoms with E-state index in [0.717, 1.165) is 18.0 Å². The van der Waals surface area contributed by atoms with Crippen LogP contribution in [0.25, 0.3) is 0 Å². The summed E-state index contributed by atoms with van der Waals surface area (Å²) in [6, 6.07) is 8.18. The normalized spacial score (nSPS) is 17.2. The lowest BCUT2D eigenvalue weighted by atomic mass is 9.98. The summed E-state index contributed by atoms with van der Waals surface area (Å²) in [6.45, 7) is 4.61. The van der Waals surface area contributed by atoms with E-state index in [-0.39, 0.29) is 6.04 Å². The number of aryl methyl sites for hydroxylation is 2. The molecular formula is C15H16ClN3O. The number of rotatable bonds is 2. The molecule has 1 atom stereocenters. The van der Waals surface area contributed by atoms with Crippen molar-refractivity contribution in [1.29, 1.82) is 0 Å². The van der Waals surface area contributed by atoms with Gasteiger partial charge in [-0.25, -0.2) is 9.97 Å². The van der Waals surface area contributed by atoms with E-state index >= 15 is 0 Å². The maximum Gasteiger partial charge on any atom is 0.134 e. The van der Waals surface area contributed by atoms with Crippen molar-refractivity contribution >= 4 is 17.4 Å². The van der Waals surface area contributed by atoms with Crippen molar-refractivity contribution in [3.63, 3.8) is 0 Å². The van der Waals surface area contributed by atoms with Crippen LogP contribution in [0.5, 0.6) is 5.75 Å². The topological polar surface area (TPSA) is 47.0 Å². The van der Waals surface area contributed by atoms with Gasteiger partial charge in [0.1, 0.15) is 22.5 Å². The first kappa shape index (κ1) is 13.2. The van der Waals surface area contributed by atoms with E-state index in [1.807, 2.05) is 13.0 Å². The predicted molar refractivity (Wildman–Crippen MR) is 79.4 cm³/mol. The number of benzene rings is 1. The Bertz CT molecular complexity index is 625. The maximum absolute atomic E-state index is 5.98. The van der Waals surface area contributed by atoms with Crippen molar-refractivity contribution < 1.29 is 4.74 Å². The van der Waals surface area contributed by atoms with Crippen molar-refractivity contribution in [2.24, 2.45) is 0 Å². The monoisotopic (exact) mass is 289 g/mol. The van der Waals surface area contributed by atoms with Crippen molar-refractivity contribution in [3.05, 3.63) is 46.4 Å². The molecule has 1 aromatic heterocycles. The summed E-state index contributed by atoms with van der Waals surface area (Å²) in [5, 5.41) is 3.89. The highest BCUT2D eigenvalue weighted by molar-refractivity contribution is 6.29. The van der Waals surface area contributed by atoms with Crippen LogP contribution in [-0.4, -0.2) is 16.6 Å². The van der Waals surface area contributed by atoms with Crippen LogP contribution in [0.4, 0.5) is 5.82 Å². The SMILES string of the molecule is Cc1ccc2c(c1)C(Nc1cc(Cl)nc(C)n1)CCO2. The predicted octanol–water partition coefficient (Wildman–Crippen LogP) is 3.68. The highest BCUT2D eigenvalue weighted by atomic mass is 35.5. The van der Waals surface area contributed by atoms with Crippen LogP contribution in [0.3, 0.4) is 0 Å². The Labute approximate surface area is 123 Å². The molecule has 0 amide bonds. The number of hydrogen-bond acceptors (Lipinski definition) is 4. The van der Waals surface area contributed by atoms with Crippen molar-refractivity contribution in [3.8, 4) is 5.75 Å². The molecule has 3 rings (SSSR count). The fraction of sp³-hybridized carbons (Fsp3) is 0.333. The Morgan fingerprint density at radius 2 is 2.10 bits per heavy atom. The van der Waals surface area contributed by atoms with Gasteiger partial charge in [-0.05, 0) is 19.9 Å². The molecule has 0 bridgehead atoms. The van der Waals surface area contributed by atoms with Gasteiger partial charge in [-0.15, -0.1) is 0 Å². The molecule has 4 nitrogen and oxygen atoms in total. The van der Waals surface area contributed by atoms with Crippen LogP contribution in [0.2, 0.25) is 5.15 Å². The third kappa shape index (κ3) is 2.70. The maximum atomic E-state index is 5.98. The molecule has 0 aliphatic carbocycles. The molecule has 2 aromatic rings. The second kappa shape index (κ2) is 5.29. The largest absolute Gasteiger partial charge is 0.493 e. The van der Waals surface area contributed by atoms with Gasteiger partial charge in [0.05, 0.1) is 12.6 Å². The lowest BCUT2D eigenvalue weighted by molar-refractivity contribution is 0.274. The number of nitrogens with one attached hydrogen (secondary N) is 1. The van der Waals surface area contributed by atoms with Crippen LogP contribution >= 0.6 is 11.6 Å².